The molecule has 29 heavy (non-hydrogen) atoms. The van der Waals surface area contributed by atoms with E-state index in [1.807, 2.05) is 6.92 Å². The molecule has 1 spiro atoms. The van der Waals surface area contributed by atoms with Gasteiger partial charge in [-0.1, -0.05) is 19.9 Å². The van der Waals surface area contributed by atoms with Crippen LogP contribution in [-0.4, -0.2) is 59.3 Å². The van der Waals surface area contributed by atoms with Gasteiger partial charge < -0.3 is 24.1 Å². The molecule has 4 rings (SSSR count). The first-order valence-electron chi connectivity index (χ1n) is 10.7. The molecule has 7 nitrogen and oxygen atoms in total. The number of ether oxygens (including phenoxy) is 4. The topological polar surface area (TPSA) is 97.9 Å². The van der Waals surface area contributed by atoms with Crippen LogP contribution < -0.4 is 0 Å². The molecule has 162 valence electrons. The number of carbonyl (C=O) groups excluding carboxylic acids is 2. The Kier molecular flexibility index (Phi) is 5.28. The minimum absolute atomic E-state index is 0.00267. The van der Waals surface area contributed by atoms with Gasteiger partial charge in [0.15, 0.2) is 0 Å². The van der Waals surface area contributed by atoms with Crippen molar-refractivity contribution in [3.8, 4) is 0 Å². The minimum Gasteiger partial charge on any atom is -0.458 e. The van der Waals surface area contributed by atoms with Crippen molar-refractivity contribution in [2.45, 2.75) is 94.9 Å². The zero-order valence-corrected chi connectivity index (χ0v) is 17.5. The molecule has 0 amide bonds. The average Bonchev–Trinajstić information content (AvgIpc) is 3.54. The highest BCUT2D eigenvalue weighted by Crippen LogP contribution is 2.49. The third-order valence-electron chi connectivity index (χ3n) is 7.33. The van der Waals surface area contributed by atoms with Crippen molar-refractivity contribution in [1.29, 1.82) is 0 Å². The number of esters is 2. The first kappa shape index (κ1) is 20.8. The van der Waals surface area contributed by atoms with Gasteiger partial charge in [0.1, 0.15) is 17.8 Å². The highest BCUT2D eigenvalue weighted by molar-refractivity contribution is 5.91. The summed E-state index contributed by atoms with van der Waals surface area (Å²) in [5.74, 6) is -1.29. The van der Waals surface area contributed by atoms with Gasteiger partial charge in [-0.15, -0.1) is 0 Å². The fraction of sp³-hybridized carbons (Fsp3) is 0.818. The van der Waals surface area contributed by atoms with Crippen LogP contribution in [0.2, 0.25) is 0 Å². The molecule has 3 saturated heterocycles. The van der Waals surface area contributed by atoms with Crippen molar-refractivity contribution in [2.24, 2.45) is 11.8 Å². The molecule has 0 radical (unpaired) electrons. The molecule has 3 heterocycles. The van der Waals surface area contributed by atoms with Crippen LogP contribution in [0.1, 0.15) is 59.3 Å². The van der Waals surface area contributed by atoms with Crippen molar-refractivity contribution in [3.63, 3.8) is 0 Å². The van der Waals surface area contributed by atoms with Crippen LogP contribution in [0.25, 0.3) is 0 Å². The average molecular weight is 408 g/mol. The van der Waals surface area contributed by atoms with Gasteiger partial charge in [-0.2, -0.15) is 0 Å². The zero-order valence-electron chi connectivity index (χ0n) is 17.5. The molecular weight excluding hydrogens is 376 g/mol. The van der Waals surface area contributed by atoms with Gasteiger partial charge in [-0.25, -0.2) is 4.79 Å². The standard InChI is InChI=1S/C22H32O7/c1-12-6-5-8-21(4)17(29-21)7-9-22(11-26-22)16(24)10-15-13(2)20(25)28-19(15)18(12)27-14(3)23/h12,15-19,24H,2,5-11H2,1,3-4H3/t12-,15-,16+,17?,18+,19+,21?,22?/m0/s1. The maximum atomic E-state index is 12.3. The van der Waals surface area contributed by atoms with Crippen LogP contribution in [0, 0.1) is 11.8 Å². The molecule has 0 aromatic rings. The summed E-state index contributed by atoms with van der Waals surface area (Å²) in [6.07, 6.45) is 2.78. The normalized spacial score (nSPS) is 47.6. The number of aliphatic hydroxyl groups excluding tert-OH is 1. The number of hydrogen-bond donors (Lipinski definition) is 1. The first-order chi connectivity index (χ1) is 13.7. The Bertz CT molecular complexity index is 699. The van der Waals surface area contributed by atoms with E-state index in [9.17, 15) is 14.7 Å². The maximum absolute atomic E-state index is 12.3. The largest absolute Gasteiger partial charge is 0.458 e. The molecule has 8 atom stereocenters. The van der Waals surface area contributed by atoms with E-state index in [0.717, 1.165) is 32.1 Å². The Balaban J connectivity index is 1.60. The van der Waals surface area contributed by atoms with Crippen LogP contribution in [-0.2, 0) is 28.5 Å². The van der Waals surface area contributed by atoms with Crippen LogP contribution in [0.3, 0.4) is 0 Å². The Labute approximate surface area is 171 Å². The van der Waals surface area contributed by atoms with Gasteiger partial charge in [0.25, 0.3) is 0 Å². The van der Waals surface area contributed by atoms with Crippen molar-refractivity contribution in [2.75, 3.05) is 6.61 Å². The van der Waals surface area contributed by atoms with E-state index in [4.69, 9.17) is 18.9 Å². The van der Waals surface area contributed by atoms with E-state index in [-0.39, 0.29) is 17.6 Å². The lowest BCUT2D eigenvalue weighted by Gasteiger charge is -2.32. The Morgan fingerprint density at radius 3 is 2.69 bits per heavy atom. The summed E-state index contributed by atoms with van der Waals surface area (Å²) in [4.78, 5) is 24.1. The number of hydrogen-bond acceptors (Lipinski definition) is 7. The van der Waals surface area contributed by atoms with Crippen LogP contribution in [0.5, 0.6) is 0 Å². The molecule has 1 saturated carbocycles. The van der Waals surface area contributed by atoms with E-state index < -0.39 is 41.8 Å². The number of carbonyl (C=O) groups is 2. The Hall–Kier alpha value is -1.44. The zero-order chi connectivity index (χ0) is 21.0. The monoisotopic (exact) mass is 408 g/mol. The molecule has 4 fully saturated rings. The molecule has 0 bridgehead atoms. The van der Waals surface area contributed by atoms with Gasteiger partial charge in [-0.3, -0.25) is 4.79 Å². The minimum atomic E-state index is -0.748. The highest BCUT2D eigenvalue weighted by atomic mass is 16.6. The second-order valence-corrected chi connectivity index (χ2v) is 9.51. The number of aliphatic hydroxyl groups is 1. The summed E-state index contributed by atoms with van der Waals surface area (Å²) in [5, 5.41) is 11.0. The second-order valence-electron chi connectivity index (χ2n) is 9.51. The lowest BCUT2D eigenvalue weighted by Crippen LogP contribution is -2.42. The third kappa shape index (κ3) is 3.97. The van der Waals surface area contributed by atoms with E-state index >= 15 is 0 Å². The summed E-state index contributed by atoms with van der Waals surface area (Å²) < 4.78 is 22.9. The summed E-state index contributed by atoms with van der Waals surface area (Å²) in [7, 11) is 0. The summed E-state index contributed by atoms with van der Waals surface area (Å²) in [6.45, 7) is 9.92. The molecule has 3 unspecified atom stereocenters. The van der Waals surface area contributed by atoms with Crippen molar-refractivity contribution >= 4 is 11.9 Å². The van der Waals surface area contributed by atoms with Gasteiger partial charge in [0.05, 0.1) is 24.4 Å². The van der Waals surface area contributed by atoms with Crippen LogP contribution in [0.15, 0.2) is 12.2 Å². The molecule has 3 aliphatic heterocycles. The quantitative estimate of drug-likeness (QED) is 0.404. The van der Waals surface area contributed by atoms with Crippen molar-refractivity contribution in [1.82, 2.24) is 0 Å². The maximum Gasteiger partial charge on any atom is 0.334 e. The predicted molar refractivity (Wildman–Crippen MR) is 103 cm³/mol. The molecule has 4 aliphatic rings. The number of fused-ring (bicyclic) bond motifs is 2. The van der Waals surface area contributed by atoms with Crippen molar-refractivity contribution < 1.29 is 33.6 Å². The molecule has 1 N–H and O–H groups in total. The smallest absolute Gasteiger partial charge is 0.334 e. The van der Waals surface area contributed by atoms with Gasteiger partial charge in [0.2, 0.25) is 0 Å². The molecule has 1 aliphatic carbocycles. The predicted octanol–water partition coefficient (Wildman–Crippen LogP) is 2.29. The van der Waals surface area contributed by atoms with Crippen molar-refractivity contribution in [3.05, 3.63) is 12.2 Å². The Morgan fingerprint density at radius 2 is 2.03 bits per heavy atom. The summed E-state index contributed by atoms with van der Waals surface area (Å²) in [6, 6.07) is 0. The van der Waals surface area contributed by atoms with E-state index in [2.05, 4.69) is 13.5 Å². The molecular formula is C22H32O7. The first-order valence-corrected chi connectivity index (χ1v) is 10.7. The number of rotatable bonds is 1. The SMILES string of the molecule is C=C1C(=O)O[C@H]2[C@H](OC(C)=O)[C@@H](C)CCCC3(C)OC3CCC3(CO3)[C@H](O)C[C@@H]12. The molecule has 7 heteroatoms. The lowest BCUT2D eigenvalue weighted by molar-refractivity contribution is -0.166. The number of epoxide rings is 2. The van der Waals surface area contributed by atoms with E-state index in [1.165, 1.54) is 6.92 Å². The van der Waals surface area contributed by atoms with Gasteiger partial charge in [0, 0.05) is 18.4 Å². The van der Waals surface area contributed by atoms with Gasteiger partial charge >= 0.3 is 11.9 Å². The third-order valence-corrected chi connectivity index (χ3v) is 7.33. The molecule has 0 aromatic carbocycles. The summed E-state index contributed by atoms with van der Waals surface area (Å²) in [5.41, 5.74) is -0.381. The molecule has 0 aromatic heterocycles. The Morgan fingerprint density at radius 1 is 1.31 bits per heavy atom. The van der Waals surface area contributed by atoms with E-state index in [0.29, 0.717) is 18.6 Å². The fourth-order valence-corrected chi connectivity index (χ4v) is 5.14. The van der Waals surface area contributed by atoms with Crippen LogP contribution in [0.4, 0.5) is 0 Å². The second kappa shape index (κ2) is 7.36. The van der Waals surface area contributed by atoms with E-state index in [1.54, 1.807) is 0 Å². The fourth-order valence-electron chi connectivity index (χ4n) is 5.14. The highest BCUT2D eigenvalue weighted by Gasteiger charge is 2.58. The summed E-state index contributed by atoms with van der Waals surface area (Å²) >= 11 is 0. The van der Waals surface area contributed by atoms with Gasteiger partial charge in [-0.05, 0) is 44.9 Å². The van der Waals surface area contributed by atoms with Crippen LogP contribution >= 0.6 is 0 Å². The lowest BCUT2D eigenvalue weighted by atomic mass is 9.79.